The Balaban J connectivity index is 3.45. The van der Waals surface area contributed by atoms with Crippen molar-refractivity contribution in [2.45, 2.75) is 32.7 Å². The smallest absolute Gasteiger partial charge is 0.307 e. The Morgan fingerprint density at radius 1 is 1.36 bits per heavy atom. The van der Waals surface area contributed by atoms with Crippen molar-refractivity contribution in [2.75, 3.05) is 20.3 Å². The maximum atomic E-state index is 11.2. The molecule has 0 rings (SSSR count). The predicted octanol–water partition coefficient (Wildman–Crippen LogP) is 0.940. The number of methoxy groups -OCH3 is 1. The van der Waals surface area contributed by atoms with Gasteiger partial charge in [0.25, 0.3) is 0 Å². The zero-order valence-electron chi connectivity index (χ0n) is 9.29. The van der Waals surface area contributed by atoms with Gasteiger partial charge in [-0.1, -0.05) is 13.8 Å². The fourth-order valence-corrected chi connectivity index (χ4v) is 0.876. The third-order valence-corrected chi connectivity index (χ3v) is 2.01. The monoisotopic (exact) mass is 203 g/mol. The van der Waals surface area contributed by atoms with Crippen molar-refractivity contribution in [3.63, 3.8) is 0 Å². The summed E-state index contributed by atoms with van der Waals surface area (Å²) in [6.07, 6.45) is 1.03. The van der Waals surface area contributed by atoms with Gasteiger partial charge in [-0.25, -0.2) is 0 Å². The minimum atomic E-state index is -0.220. The van der Waals surface area contributed by atoms with Gasteiger partial charge < -0.3 is 15.2 Å². The summed E-state index contributed by atoms with van der Waals surface area (Å²) in [5, 5.41) is 0. The van der Waals surface area contributed by atoms with Crippen molar-refractivity contribution in [2.24, 2.45) is 11.7 Å². The van der Waals surface area contributed by atoms with E-state index in [2.05, 4.69) is 0 Å². The number of carbonyl (C=O) groups excluding carboxylic acids is 1. The Bertz CT molecular complexity index is 159. The van der Waals surface area contributed by atoms with Gasteiger partial charge in [-0.15, -0.1) is 0 Å². The Hall–Kier alpha value is -0.610. The zero-order chi connectivity index (χ0) is 11.0. The molecule has 0 radical (unpaired) electrons. The molecule has 1 atom stereocenters. The lowest BCUT2D eigenvalue weighted by atomic mass is 10.0. The van der Waals surface area contributed by atoms with Gasteiger partial charge in [0.2, 0.25) is 0 Å². The maximum absolute atomic E-state index is 11.2. The summed E-state index contributed by atoms with van der Waals surface area (Å²) >= 11 is 0. The molecular formula is C10H21NO3. The number of carbonyl (C=O) groups is 1. The van der Waals surface area contributed by atoms with Gasteiger partial charge in [0.05, 0.1) is 13.0 Å². The first kappa shape index (κ1) is 13.4. The summed E-state index contributed by atoms with van der Waals surface area (Å²) in [4.78, 5) is 11.2. The molecular weight excluding hydrogens is 182 g/mol. The Morgan fingerprint density at radius 3 is 2.50 bits per heavy atom. The minimum absolute atomic E-state index is 0.107. The normalized spacial score (nSPS) is 12.9. The van der Waals surface area contributed by atoms with Crippen molar-refractivity contribution < 1.29 is 14.3 Å². The second-order valence-corrected chi connectivity index (χ2v) is 3.68. The predicted molar refractivity (Wildman–Crippen MR) is 54.9 cm³/mol. The largest absolute Gasteiger partial charge is 0.466 e. The van der Waals surface area contributed by atoms with Gasteiger partial charge >= 0.3 is 5.97 Å². The average Bonchev–Trinajstić information content (AvgIpc) is 2.12. The number of ether oxygens (including phenoxy) is 2. The molecule has 0 aliphatic rings. The van der Waals surface area contributed by atoms with Gasteiger partial charge in [-0.3, -0.25) is 4.79 Å². The van der Waals surface area contributed by atoms with E-state index in [9.17, 15) is 4.79 Å². The van der Waals surface area contributed by atoms with Crippen LogP contribution in [0.4, 0.5) is 0 Å². The number of hydrogen-bond donors (Lipinski definition) is 1. The molecule has 0 amide bonds. The van der Waals surface area contributed by atoms with Crippen molar-refractivity contribution in [1.82, 2.24) is 0 Å². The second-order valence-electron chi connectivity index (χ2n) is 3.68. The van der Waals surface area contributed by atoms with Gasteiger partial charge in [0, 0.05) is 26.2 Å². The van der Waals surface area contributed by atoms with Crippen LogP contribution in [0.15, 0.2) is 0 Å². The molecule has 0 heterocycles. The highest BCUT2D eigenvalue weighted by atomic mass is 16.5. The van der Waals surface area contributed by atoms with Crippen LogP contribution in [0, 0.1) is 5.92 Å². The fourth-order valence-electron chi connectivity index (χ4n) is 0.876. The van der Waals surface area contributed by atoms with Gasteiger partial charge in [-0.2, -0.15) is 0 Å². The van der Waals surface area contributed by atoms with E-state index in [1.54, 1.807) is 7.11 Å². The van der Waals surface area contributed by atoms with Crippen LogP contribution in [0.2, 0.25) is 0 Å². The van der Waals surface area contributed by atoms with Gasteiger partial charge in [0.1, 0.15) is 0 Å². The molecule has 0 saturated heterocycles. The number of esters is 1. The molecule has 14 heavy (non-hydrogen) atoms. The Kier molecular flexibility index (Phi) is 7.42. The van der Waals surface area contributed by atoms with E-state index in [0.29, 0.717) is 25.6 Å². The number of nitrogens with two attached hydrogens (primary N) is 1. The fraction of sp³-hybridized carbons (Fsp3) is 0.900. The zero-order valence-corrected chi connectivity index (χ0v) is 9.29. The van der Waals surface area contributed by atoms with Crippen LogP contribution < -0.4 is 5.73 Å². The lowest BCUT2D eigenvalue weighted by molar-refractivity contribution is -0.144. The Labute approximate surface area is 85.8 Å². The quantitative estimate of drug-likeness (QED) is 0.494. The minimum Gasteiger partial charge on any atom is -0.466 e. The van der Waals surface area contributed by atoms with Crippen molar-refractivity contribution in [3.05, 3.63) is 0 Å². The summed E-state index contributed by atoms with van der Waals surface area (Å²) in [6.45, 7) is 5.01. The highest BCUT2D eigenvalue weighted by molar-refractivity contribution is 5.70. The van der Waals surface area contributed by atoms with Crippen LogP contribution >= 0.6 is 0 Å². The van der Waals surface area contributed by atoms with Crippen LogP contribution in [0.5, 0.6) is 0 Å². The molecule has 0 fully saturated rings. The summed E-state index contributed by atoms with van der Waals surface area (Å²) in [6, 6.07) is -0.107. The molecule has 0 aromatic rings. The summed E-state index contributed by atoms with van der Waals surface area (Å²) < 4.78 is 9.79. The second kappa shape index (κ2) is 7.76. The SMILES string of the molecule is COCCCOC(=O)CC(N)C(C)C. The van der Waals surface area contributed by atoms with Crippen LogP contribution in [0.1, 0.15) is 26.7 Å². The lowest BCUT2D eigenvalue weighted by Crippen LogP contribution is -2.30. The van der Waals surface area contributed by atoms with Gasteiger partial charge in [-0.05, 0) is 5.92 Å². The summed E-state index contributed by atoms with van der Waals surface area (Å²) in [7, 11) is 1.62. The molecule has 84 valence electrons. The molecule has 2 N–H and O–H groups in total. The molecule has 0 aliphatic carbocycles. The van der Waals surface area contributed by atoms with Crippen molar-refractivity contribution in [3.8, 4) is 0 Å². The number of hydrogen-bond acceptors (Lipinski definition) is 4. The highest BCUT2D eigenvalue weighted by Gasteiger charge is 2.13. The molecule has 0 aliphatic heterocycles. The molecule has 0 spiro atoms. The third kappa shape index (κ3) is 6.86. The first-order valence-electron chi connectivity index (χ1n) is 4.98. The first-order chi connectivity index (χ1) is 6.57. The van der Waals surface area contributed by atoms with Gasteiger partial charge in [0.15, 0.2) is 0 Å². The van der Waals surface area contributed by atoms with E-state index in [4.69, 9.17) is 15.2 Å². The topological polar surface area (TPSA) is 61.5 Å². The summed E-state index contributed by atoms with van der Waals surface area (Å²) in [5.74, 6) is 0.0869. The van der Waals surface area contributed by atoms with Crippen molar-refractivity contribution >= 4 is 5.97 Å². The maximum Gasteiger partial charge on any atom is 0.307 e. The van der Waals surface area contributed by atoms with E-state index < -0.39 is 0 Å². The Morgan fingerprint density at radius 2 is 2.00 bits per heavy atom. The highest BCUT2D eigenvalue weighted by Crippen LogP contribution is 2.03. The van der Waals surface area contributed by atoms with E-state index >= 15 is 0 Å². The summed E-state index contributed by atoms with van der Waals surface area (Å²) in [5.41, 5.74) is 5.72. The average molecular weight is 203 g/mol. The standard InChI is InChI=1S/C10H21NO3/c1-8(2)9(11)7-10(12)14-6-4-5-13-3/h8-9H,4-7,11H2,1-3H3. The van der Waals surface area contributed by atoms with E-state index in [1.165, 1.54) is 0 Å². The van der Waals surface area contributed by atoms with Crippen LogP contribution in [0.3, 0.4) is 0 Å². The van der Waals surface area contributed by atoms with E-state index in [1.807, 2.05) is 13.8 Å². The molecule has 0 saturated carbocycles. The van der Waals surface area contributed by atoms with E-state index in [-0.39, 0.29) is 12.0 Å². The molecule has 0 aromatic heterocycles. The molecule has 0 bridgehead atoms. The van der Waals surface area contributed by atoms with E-state index in [0.717, 1.165) is 6.42 Å². The molecule has 4 nitrogen and oxygen atoms in total. The number of rotatable bonds is 7. The molecule has 4 heteroatoms. The third-order valence-electron chi connectivity index (χ3n) is 2.01. The van der Waals surface area contributed by atoms with Crippen LogP contribution in [-0.4, -0.2) is 32.3 Å². The van der Waals surface area contributed by atoms with Crippen LogP contribution in [0.25, 0.3) is 0 Å². The molecule has 0 aromatic carbocycles. The van der Waals surface area contributed by atoms with Crippen molar-refractivity contribution in [1.29, 1.82) is 0 Å². The lowest BCUT2D eigenvalue weighted by Gasteiger charge is -2.14. The first-order valence-corrected chi connectivity index (χ1v) is 4.98. The van der Waals surface area contributed by atoms with Crippen LogP contribution in [-0.2, 0) is 14.3 Å². The molecule has 1 unspecified atom stereocenters.